The van der Waals surface area contributed by atoms with Crippen LogP contribution >= 0.6 is 11.8 Å². The maximum atomic E-state index is 12.1. The predicted molar refractivity (Wildman–Crippen MR) is 83.3 cm³/mol. The first kappa shape index (κ1) is 15.2. The molecule has 0 saturated carbocycles. The Kier molecular flexibility index (Phi) is 5.77. The van der Waals surface area contributed by atoms with Crippen molar-refractivity contribution >= 4 is 17.7 Å². The zero-order valence-electron chi connectivity index (χ0n) is 12.3. The fourth-order valence-corrected chi connectivity index (χ4v) is 3.09. The number of nitrogens with zero attached hydrogens (tertiary/aromatic N) is 1. The molecule has 0 aliphatic carbocycles. The van der Waals surface area contributed by atoms with Crippen LogP contribution in [0.3, 0.4) is 0 Å². The van der Waals surface area contributed by atoms with Crippen LogP contribution in [-0.2, 0) is 4.79 Å². The Balaban J connectivity index is 1.78. The van der Waals surface area contributed by atoms with E-state index in [9.17, 15) is 4.79 Å². The van der Waals surface area contributed by atoms with Crippen molar-refractivity contribution in [3.8, 4) is 5.75 Å². The lowest BCUT2D eigenvalue weighted by atomic mass is 9.99. The molecule has 1 aliphatic rings. The summed E-state index contributed by atoms with van der Waals surface area (Å²) in [6.45, 7) is 6.75. The quantitative estimate of drug-likeness (QED) is 0.779. The van der Waals surface area contributed by atoms with Crippen molar-refractivity contribution in [3.05, 3.63) is 24.3 Å². The van der Waals surface area contributed by atoms with Crippen molar-refractivity contribution in [2.45, 2.75) is 31.6 Å². The number of benzene rings is 1. The van der Waals surface area contributed by atoms with Gasteiger partial charge in [0.25, 0.3) is 0 Å². The van der Waals surface area contributed by atoms with Crippen LogP contribution in [0.25, 0.3) is 0 Å². The zero-order chi connectivity index (χ0) is 14.4. The fourth-order valence-electron chi connectivity index (χ4n) is 2.29. The summed E-state index contributed by atoms with van der Waals surface area (Å²) < 4.78 is 5.41. The number of amides is 1. The van der Waals surface area contributed by atoms with E-state index in [2.05, 4.69) is 6.92 Å². The molecule has 0 atom stereocenters. The van der Waals surface area contributed by atoms with E-state index in [0.29, 0.717) is 12.4 Å². The largest absolute Gasteiger partial charge is 0.494 e. The average Bonchev–Trinajstić information content (AvgIpc) is 2.47. The van der Waals surface area contributed by atoms with E-state index in [1.54, 1.807) is 11.8 Å². The molecule has 0 aromatic heterocycles. The Morgan fingerprint density at radius 1 is 1.30 bits per heavy atom. The number of rotatable bonds is 5. The number of carbonyl (C=O) groups is 1. The number of likely N-dealkylation sites (tertiary alicyclic amines) is 1. The van der Waals surface area contributed by atoms with Gasteiger partial charge in [0.1, 0.15) is 5.75 Å². The number of thioether (sulfide) groups is 1. The van der Waals surface area contributed by atoms with Gasteiger partial charge in [0.15, 0.2) is 0 Å². The maximum Gasteiger partial charge on any atom is 0.232 e. The van der Waals surface area contributed by atoms with Crippen LogP contribution in [0.2, 0.25) is 0 Å². The highest BCUT2D eigenvalue weighted by Crippen LogP contribution is 2.23. The first-order valence-electron chi connectivity index (χ1n) is 7.32. The molecule has 1 aromatic carbocycles. The molecule has 1 aliphatic heterocycles. The van der Waals surface area contributed by atoms with Gasteiger partial charge in [-0.05, 0) is 49.9 Å². The monoisotopic (exact) mass is 293 g/mol. The van der Waals surface area contributed by atoms with Gasteiger partial charge in [-0.2, -0.15) is 0 Å². The lowest BCUT2D eigenvalue weighted by Gasteiger charge is -2.30. The Hall–Kier alpha value is -1.16. The topological polar surface area (TPSA) is 29.5 Å². The molecule has 0 unspecified atom stereocenters. The molecule has 1 fully saturated rings. The molecule has 3 nitrogen and oxygen atoms in total. The summed E-state index contributed by atoms with van der Waals surface area (Å²) >= 11 is 1.60. The van der Waals surface area contributed by atoms with E-state index in [-0.39, 0.29) is 5.91 Å². The van der Waals surface area contributed by atoms with Crippen LogP contribution in [0.5, 0.6) is 5.75 Å². The average molecular weight is 293 g/mol. The van der Waals surface area contributed by atoms with Crippen LogP contribution in [-0.4, -0.2) is 36.3 Å². The SMILES string of the molecule is CCOc1ccc(SCC(=O)N2CCC(C)CC2)cc1. The highest BCUT2D eigenvalue weighted by atomic mass is 32.2. The van der Waals surface area contributed by atoms with Crippen LogP contribution in [0.15, 0.2) is 29.2 Å². The number of carbonyl (C=O) groups excluding carboxylic acids is 1. The standard InChI is InChI=1S/C16H23NO2S/c1-3-19-14-4-6-15(7-5-14)20-12-16(18)17-10-8-13(2)9-11-17/h4-7,13H,3,8-12H2,1-2H3. The smallest absolute Gasteiger partial charge is 0.232 e. The molecule has 0 N–H and O–H groups in total. The van der Waals surface area contributed by atoms with E-state index >= 15 is 0 Å². The molecule has 110 valence electrons. The summed E-state index contributed by atoms with van der Waals surface area (Å²) in [5, 5.41) is 0. The van der Waals surface area contributed by atoms with E-state index in [1.165, 1.54) is 0 Å². The lowest BCUT2D eigenvalue weighted by molar-refractivity contribution is -0.129. The van der Waals surface area contributed by atoms with E-state index in [1.807, 2.05) is 36.1 Å². The Bertz CT molecular complexity index is 425. The van der Waals surface area contributed by atoms with Gasteiger partial charge in [0.05, 0.1) is 12.4 Å². The highest BCUT2D eigenvalue weighted by Gasteiger charge is 2.19. The van der Waals surface area contributed by atoms with Crippen LogP contribution < -0.4 is 4.74 Å². The summed E-state index contributed by atoms with van der Waals surface area (Å²) in [4.78, 5) is 15.2. The second-order valence-corrected chi connectivity index (χ2v) is 6.31. The van der Waals surface area contributed by atoms with Crippen molar-refractivity contribution in [3.63, 3.8) is 0 Å². The normalized spacial score (nSPS) is 16.2. The second-order valence-electron chi connectivity index (χ2n) is 5.26. The minimum absolute atomic E-state index is 0.260. The minimum Gasteiger partial charge on any atom is -0.494 e. The molecule has 20 heavy (non-hydrogen) atoms. The minimum atomic E-state index is 0.260. The van der Waals surface area contributed by atoms with Gasteiger partial charge in [-0.1, -0.05) is 6.92 Å². The number of hydrogen-bond acceptors (Lipinski definition) is 3. The molecule has 1 amide bonds. The van der Waals surface area contributed by atoms with Gasteiger partial charge in [0, 0.05) is 18.0 Å². The zero-order valence-corrected chi connectivity index (χ0v) is 13.1. The van der Waals surface area contributed by atoms with E-state index in [0.717, 1.165) is 42.5 Å². The van der Waals surface area contributed by atoms with Crippen molar-refractivity contribution in [1.82, 2.24) is 4.90 Å². The third-order valence-corrected chi connectivity index (χ3v) is 4.63. The fraction of sp³-hybridized carbons (Fsp3) is 0.562. The summed E-state index contributed by atoms with van der Waals surface area (Å²) in [6, 6.07) is 7.94. The van der Waals surface area contributed by atoms with Gasteiger partial charge in [-0.3, -0.25) is 4.79 Å². The summed E-state index contributed by atoms with van der Waals surface area (Å²) in [5.74, 6) is 2.43. The Labute approximate surface area is 125 Å². The third-order valence-electron chi connectivity index (χ3n) is 3.63. The summed E-state index contributed by atoms with van der Waals surface area (Å²) in [7, 11) is 0. The highest BCUT2D eigenvalue weighted by molar-refractivity contribution is 8.00. The first-order valence-corrected chi connectivity index (χ1v) is 8.31. The summed E-state index contributed by atoms with van der Waals surface area (Å²) in [5.41, 5.74) is 0. The molecular weight excluding hydrogens is 270 g/mol. The number of piperidine rings is 1. The second kappa shape index (κ2) is 7.58. The van der Waals surface area contributed by atoms with Gasteiger partial charge in [0.2, 0.25) is 5.91 Å². The van der Waals surface area contributed by atoms with Crippen molar-refractivity contribution in [2.24, 2.45) is 5.92 Å². The molecule has 1 saturated heterocycles. The summed E-state index contributed by atoms with van der Waals surface area (Å²) in [6.07, 6.45) is 2.28. The van der Waals surface area contributed by atoms with Crippen LogP contribution in [0.4, 0.5) is 0 Å². The number of ether oxygens (including phenoxy) is 1. The number of hydrogen-bond donors (Lipinski definition) is 0. The van der Waals surface area contributed by atoms with Gasteiger partial charge < -0.3 is 9.64 Å². The molecule has 0 spiro atoms. The molecule has 0 bridgehead atoms. The molecule has 4 heteroatoms. The molecule has 1 aromatic rings. The molecule has 2 rings (SSSR count). The van der Waals surface area contributed by atoms with Crippen molar-refractivity contribution in [1.29, 1.82) is 0 Å². The molecule has 0 radical (unpaired) electrons. The maximum absolute atomic E-state index is 12.1. The third kappa shape index (κ3) is 4.44. The Morgan fingerprint density at radius 2 is 1.95 bits per heavy atom. The lowest BCUT2D eigenvalue weighted by Crippen LogP contribution is -2.38. The molecular formula is C16H23NO2S. The Morgan fingerprint density at radius 3 is 2.55 bits per heavy atom. The van der Waals surface area contributed by atoms with Crippen LogP contribution in [0, 0.1) is 5.92 Å². The van der Waals surface area contributed by atoms with E-state index in [4.69, 9.17) is 4.74 Å². The van der Waals surface area contributed by atoms with Gasteiger partial charge >= 0.3 is 0 Å². The van der Waals surface area contributed by atoms with Gasteiger partial charge in [-0.15, -0.1) is 11.8 Å². The van der Waals surface area contributed by atoms with Crippen molar-refractivity contribution < 1.29 is 9.53 Å². The van der Waals surface area contributed by atoms with Crippen molar-refractivity contribution in [2.75, 3.05) is 25.4 Å². The molecule has 1 heterocycles. The predicted octanol–water partition coefficient (Wildman–Crippen LogP) is 3.44. The van der Waals surface area contributed by atoms with E-state index < -0.39 is 0 Å². The van der Waals surface area contributed by atoms with Crippen LogP contribution in [0.1, 0.15) is 26.7 Å². The first-order chi connectivity index (χ1) is 9.69. The van der Waals surface area contributed by atoms with Gasteiger partial charge in [-0.25, -0.2) is 0 Å².